The van der Waals surface area contributed by atoms with Crippen LogP contribution in [0.1, 0.15) is 47.2 Å². The van der Waals surface area contributed by atoms with Gasteiger partial charge in [-0.15, -0.1) is 0 Å². The van der Waals surface area contributed by atoms with Crippen LogP contribution in [0.25, 0.3) is 0 Å². The maximum atomic E-state index is 12.5. The molecule has 2 amide bonds. The van der Waals surface area contributed by atoms with E-state index >= 15 is 0 Å². The van der Waals surface area contributed by atoms with Gasteiger partial charge in [0.1, 0.15) is 6.42 Å². The summed E-state index contributed by atoms with van der Waals surface area (Å²) < 4.78 is 0. The highest BCUT2D eigenvalue weighted by atomic mass is 16.2. The normalized spacial score (nSPS) is 14.0. The first kappa shape index (κ1) is 20.6. The molecule has 0 unspecified atom stereocenters. The summed E-state index contributed by atoms with van der Waals surface area (Å²) in [5, 5.41) is 14.1. The van der Waals surface area contributed by atoms with E-state index in [1.165, 1.54) is 24.8 Å². The van der Waals surface area contributed by atoms with Crippen LogP contribution < -0.4 is 10.6 Å². The fraction of sp³-hybridized carbons (Fsp3) is 0.348. The first-order valence-electron chi connectivity index (χ1n) is 10.00. The number of rotatable bonds is 7. The third-order valence-electron chi connectivity index (χ3n) is 5.07. The molecule has 0 saturated carbocycles. The Morgan fingerprint density at radius 1 is 0.966 bits per heavy atom. The number of benzene rings is 2. The maximum Gasteiger partial charge on any atom is 0.251 e. The van der Waals surface area contributed by atoms with Crippen LogP contribution in [0.5, 0.6) is 0 Å². The Bertz CT molecular complexity index is 880. The summed E-state index contributed by atoms with van der Waals surface area (Å²) in [5.74, 6) is -0.525. The fourth-order valence-electron chi connectivity index (χ4n) is 3.50. The van der Waals surface area contributed by atoms with E-state index in [9.17, 15) is 9.59 Å². The number of hydrogen-bond donors (Lipinski definition) is 2. The number of hydrogen-bond acceptors (Lipinski definition) is 4. The third kappa shape index (κ3) is 6.16. The second-order valence-corrected chi connectivity index (χ2v) is 7.25. The molecule has 0 atom stereocenters. The van der Waals surface area contributed by atoms with Gasteiger partial charge in [-0.05, 0) is 61.3 Å². The summed E-state index contributed by atoms with van der Waals surface area (Å²) in [6, 6.07) is 16.7. The lowest BCUT2D eigenvalue weighted by Crippen LogP contribution is -2.30. The second kappa shape index (κ2) is 10.4. The van der Waals surface area contributed by atoms with E-state index in [0.29, 0.717) is 17.8 Å². The minimum Gasteiger partial charge on any atom is -0.348 e. The van der Waals surface area contributed by atoms with Gasteiger partial charge in [0.25, 0.3) is 5.91 Å². The quantitative estimate of drug-likeness (QED) is 0.758. The van der Waals surface area contributed by atoms with Crippen LogP contribution in [-0.2, 0) is 17.9 Å². The van der Waals surface area contributed by atoms with Gasteiger partial charge in [-0.2, -0.15) is 5.26 Å². The molecule has 2 aromatic rings. The average Bonchev–Trinajstić information content (AvgIpc) is 2.74. The minimum absolute atomic E-state index is 0.160. The second-order valence-electron chi connectivity index (χ2n) is 7.25. The van der Waals surface area contributed by atoms with Crippen LogP contribution >= 0.6 is 0 Å². The van der Waals surface area contributed by atoms with Crippen molar-refractivity contribution >= 4 is 17.5 Å². The Labute approximate surface area is 171 Å². The summed E-state index contributed by atoms with van der Waals surface area (Å²) in [5.41, 5.74) is 3.47. The van der Waals surface area contributed by atoms with E-state index in [1.807, 2.05) is 12.1 Å². The largest absolute Gasteiger partial charge is 0.348 e. The molecule has 1 heterocycles. The van der Waals surface area contributed by atoms with E-state index in [1.54, 1.807) is 30.3 Å². The summed E-state index contributed by atoms with van der Waals surface area (Å²) in [7, 11) is 0. The molecule has 0 bridgehead atoms. The first-order chi connectivity index (χ1) is 14.2. The number of carbonyl (C=O) groups excluding carboxylic acids is 2. The van der Waals surface area contributed by atoms with Crippen LogP contribution in [0.2, 0.25) is 0 Å². The van der Waals surface area contributed by atoms with Crippen molar-refractivity contribution in [2.24, 2.45) is 0 Å². The minimum atomic E-state index is -0.366. The molecule has 0 spiro atoms. The molecule has 2 aromatic carbocycles. The molecule has 1 saturated heterocycles. The number of nitrogens with one attached hydrogen (secondary N) is 2. The molecule has 150 valence electrons. The van der Waals surface area contributed by atoms with Crippen LogP contribution in [-0.4, -0.2) is 29.8 Å². The zero-order valence-electron chi connectivity index (χ0n) is 16.5. The lowest BCUT2D eigenvalue weighted by Gasteiger charge is -2.27. The Balaban J connectivity index is 1.56. The van der Waals surface area contributed by atoms with Crippen molar-refractivity contribution in [2.45, 2.75) is 38.8 Å². The molecular weight excluding hydrogens is 364 g/mol. The highest BCUT2D eigenvalue weighted by Crippen LogP contribution is 2.16. The van der Waals surface area contributed by atoms with Gasteiger partial charge in [-0.1, -0.05) is 30.7 Å². The zero-order chi connectivity index (χ0) is 20.5. The van der Waals surface area contributed by atoms with E-state index < -0.39 is 0 Å². The predicted octanol–water partition coefficient (Wildman–Crippen LogP) is 3.45. The Morgan fingerprint density at radius 3 is 2.34 bits per heavy atom. The topological polar surface area (TPSA) is 85.2 Å². The molecule has 29 heavy (non-hydrogen) atoms. The number of amides is 2. The molecule has 1 aliphatic rings. The van der Waals surface area contributed by atoms with Crippen molar-refractivity contribution in [2.75, 3.05) is 18.4 Å². The maximum absolute atomic E-state index is 12.5. The molecule has 1 aliphatic heterocycles. The summed E-state index contributed by atoms with van der Waals surface area (Å²) in [4.78, 5) is 26.4. The highest BCUT2D eigenvalue weighted by Gasteiger charge is 2.13. The first-order valence-corrected chi connectivity index (χ1v) is 10.00. The van der Waals surface area contributed by atoms with E-state index in [-0.39, 0.29) is 18.2 Å². The number of anilines is 1. The van der Waals surface area contributed by atoms with Gasteiger partial charge >= 0.3 is 0 Å². The number of nitrogens with zero attached hydrogens (tertiary/aromatic N) is 2. The van der Waals surface area contributed by atoms with Crippen molar-refractivity contribution in [1.82, 2.24) is 10.2 Å². The third-order valence-corrected chi connectivity index (χ3v) is 5.07. The van der Waals surface area contributed by atoms with Crippen molar-refractivity contribution in [3.05, 3.63) is 65.2 Å². The Kier molecular flexibility index (Phi) is 7.37. The SMILES string of the molecule is N#CCC(=O)Nc1ccc(C(=O)NCc2ccccc2CN2CCCCC2)cc1. The van der Waals surface area contributed by atoms with Crippen molar-refractivity contribution in [3.63, 3.8) is 0 Å². The molecule has 6 heteroatoms. The van der Waals surface area contributed by atoms with Crippen molar-refractivity contribution < 1.29 is 9.59 Å². The smallest absolute Gasteiger partial charge is 0.251 e. The average molecular weight is 390 g/mol. The molecule has 6 nitrogen and oxygen atoms in total. The number of likely N-dealkylation sites (tertiary alicyclic amines) is 1. The molecule has 1 fully saturated rings. The number of nitriles is 1. The Hall–Kier alpha value is -3.17. The van der Waals surface area contributed by atoms with Gasteiger partial charge in [0.2, 0.25) is 5.91 Å². The van der Waals surface area contributed by atoms with Gasteiger partial charge in [0, 0.05) is 24.3 Å². The standard InChI is InChI=1S/C23H26N4O2/c24-13-12-22(28)26-21-10-8-18(9-11-21)23(29)25-16-19-6-2-3-7-20(19)17-27-14-4-1-5-15-27/h2-3,6-11H,1,4-5,12,14-17H2,(H,25,29)(H,26,28). The van der Waals surface area contributed by atoms with Crippen molar-refractivity contribution in [3.8, 4) is 6.07 Å². The molecule has 0 radical (unpaired) electrons. The number of carbonyl (C=O) groups is 2. The predicted molar refractivity (Wildman–Crippen MR) is 112 cm³/mol. The van der Waals surface area contributed by atoms with Crippen LogP contribution in [0.4, 0.5) is 5.69 Å². The monoisotopic (exact) mass is 390 g/mol. The molecule has 0 aromatic heterocycles. The van der Waals surface area contributed by atoms with Crippen LogP contribution in [0, 0.1) is 11.3 Å². The molecule has 3 rings (SSSR count). The molecule has 2 N–H and O–H groups in total. The molecular formula is C23H26N4O2. The lowest BCUT2D eigenvalue weighted by molar-refractivity contribution is -0.115. The lowest BCUT2D eigenvalue weighted by atomic mass is 10.0. The van der Waals surface area contributed by atoms with Gasteiger partial charge in [-0.3, -0.25) is 14.5 Å². The van der Waals surface area contributed by atoms with Crippen LogP contribution in [0.3, 0.4) is 0 Å². The number of piperidine rings is 1. The fourth-order valence-corrected chi connectivity index (χ4v) is 3.50. The van der Waals surface area contributed by atoms with Gasteiger partial charge in [0.05, 0.1) is 6.07 Å². The zero-order valence-corrected chi connectivity index (χ0v) is 16.5. The summed E-state index contributed by atoms with van der Waals surface area (Å²) >= 11 is 0. The highest BCUT2D eigenvalue weighted by molar-refractivity contribution is 5.96. The summed E-state index contributed by atoms with van der Waals surface area (Å²) in [6.07, 6.45) is 3.63. The summed E-state index contributed by atoms with van der Waals surface area (Å²) in [6.45, 7) is 3.67. The van der Waals surface area contributed by atoms with E-state index in [0.717, 1.165) is 25.2 Å². The van der Waals surface area contributed by atoms with E-state index in [4.69, 9.17) is 5.26 Å². The van der Waals surface area contributed by atoms with Gasteiger partial charge in [-0.25, -0.2) is 0 Å². The van der Waals surface area contributed by atoms with Crippen LogP contribution in [0.15, 0.2) is 48.5 Å². The van der Waals surface area contributed by atoms with E-state index in [2.05, 4.69) is 27.7 Å². The van der Waals surface area contributed by atoms with Crippen molar-refractivity contribution in [1.29, 1.82) is 5.26 Å². The van der Waals surface area contributed by atoms with Gasteiger partial charge in [0.15, 0.2) is 0 Å². The molecule has 0 aliphatic carbocycles. The Morgan fingerprint density at radius 2 is 1.66 bits per heavy atom. The van der Waals surface area contributed by atoms with Gasteiger partial charge < -0.3 is 10.6 Å².